The van der Waals surface area contributed by atoms with Crippen LogP contribution in [0.5, 0.6) is 0 Å². The zero-order valence-corrected chi connectivity index (χ0v) is 21.8. The first-order chi connectivity index (χ1) is 17.7. The molecular weight excluding hydrogens is 581 g/mol. The Morgan fingerprint density at radius 1 is 0.590 bits per heavy atom. The third kappa shape index (κ3) is 34.5. The second-order valence-corrected chi connectivity index (χ2v) is 6.55. The Hall–Kier alpha value is -3.53. The molecule has 0 aliphatic carbocycles. The topological polar surface area (TPSA) is 89.5 Å². The molecule has 0 spiro atoms. The van der Waals surface area contributed by atoms with E-state index in [0.717, 1.165) is 36.7 Å². The van der Waals surface area contributed by atoms with E-state index < -0.39 is 14.5 Å². The SMILES string of the molecule is CC#N.CC#N.F[B-](F)(F)F.F[B-](F)(F)F.[Co+3].c1ccc(CN(Cc2ccccn2)Cc2ccccn2)nc1. The molecule has 0 unspecified atom stereocenters. The Balaban J connectivity index is -0.000000633. The molecule has 0 aromatic carbocycles. The van der Waals surface area contributed by atoms with Crippen LogP contribution >= 0.6 is 0 Å². The second kappa shape index (κ2) is 23.6. The van der Waals surface area contributed by atoms with Crippen molar-refractivity contribution in [2.45, 2.75) is 33.5 Å². The van der Waals surface area contributed by atoms with Gasteiger partial charge in [0.2, 0.25) is 0 Å². The van der Waals surface area contributed by atoms with Gasteiger partial charge in [0.15, 0.2) is 0 Å². The van der Waals surface area contributed by atoms with E-state index in [9.17, 15) is 34.5 Å². The van der Waals surface area contributed by atoms with Crippen molar-refractivity contribution >= 4 is 14.5 Å². The third-order valence-corrected chi connectivity index (χ3v) is 3.34. The Morgan fingerprint density at radius 3 is 0.949 bits per heavy atom. The predicted octanol–water partition coefficient (Wildman–Crippen LogP) is 6.73. The second-order valence-electron chi connectivity index (χ2n) is 6.55. The van der Waals surface area contributed by atoms with Crippen LogP contribution in [0, 0.1) is 22.7 Å². The number of nitriles is 2. The molecular formula is C22H24B2CoF8N6+. The minimum absolute atomic E-state index is 0. The molecule has 0 fully saturated rings. The normalized spacial score (nSPS) is 9.56. The van der Waals surface area contributed by atoms with Crippen LogP contribution in [0.15, 0.2) is 73.2 Å². The Morgan fingerprint density at radius 2 is 0.795 bits per heavy atom. The number of hydrogen-bond acceptors (Lipinski definition) is 6. The van der Waals surface area contributed by atoms with Crippen LogP contribution in [0.1, 0.15) is 30.9 Å². The fourth-order valence-electron chi connectivity index (χ4n) is 2.33. The summed E-state index contributed by atoms with van der Waals surface area (Å²) in [5.74, 6) is 0. The fourth-order valence-corrected chi connectivity index (χ4v) is 2.33. The van der Waals surface area contributed by atoms with Gasteiger partial charge in [0.1, 0.15) is 0 Å². The average Bonchev–Trinajstić information content (AvgIpc) is 2.80. The molecule has 0 saturated carbocycles. The largest absolute Gasteiger partial charge is 3.00 e. The van der Waals surface area contributed by atoms with Crippen molar-refractivity contribution in [1.82, 2.24) is 19.9 Å². The van der Waals surface area contributed by atoms with Crippen molar-refractivity contribution in [3.05, 3.63) is 90.3 Å². The molecule has 17 heteroatoms. The van der Waals surface area contributed by atoms with Crippen LogP contribution in [-0.4, -0.2) is 34.4 Å². The van der Waals surface area contributed by atoms with Gasteiger partial charge in [-0.05, 0) is 36.4 Å². The fraction of sp³-hybridized carbons (Fsp3) is 0.227. The first kappa shape index (κ1) is 40.0. The molecule has 39 heavy (non-hydrogen) atoms. The van der Waals surface area contributed by atoms with Gasteiger partial charge < -0.3 is 34.5 Å². The van der Waals surface area contributed by atoms with E-state index in [2.05, 4.69) is 19.9 Å². The minimum Gasteiger partial charge on any atom is -0.418 e. The molecule has 0 saturated heterocycles. The number of halogens is 8. The minimum atomic E-state index is -6.00. The molecule has 0 radical (unpaired) electrons. The standard InChI is InChI=1S/C18H18N4.2C2H3N.2BF4.Co/c1-4-10-19-16(7-1)13-22(14-17-8-2-5-11-20-17)15-18-9-3-6-12-21-18;2*1-2-3;2*2-1(3,4)5;/h1-12H,13-15H2;2*1H3;;;/q;;;2*-1;+3. The van der Waals surface area contributed by atoms with Crippen LogP contribution in [0.25, 0.3) is 0 Å². The number of aromatic nitrogens is 3. The maximum absolute atomic E-state index is 9.75. The average molecular weight is 605 g/mol. The van der Waals surface area contributed by atoms with Crippen LogP contribution in [0.3, 0.4) is 0 Å². The van der Waals surface area contributed by atoms with Gasteiger partial charge in [-0.2, -0.15) is 10.5 Å². The smallest absolute Gasteiger partial charge is 0.418 e. The van der Waals surface area contributed by atoms with E-state index in [1.54, 1.807) is 12.1 Å². The summed E-state index contributed by atoms with van der Waals surface area (Å²) in [6, 6.07) is 21.5. The zero-order valence-electron chi connectivity index (χ0n) is 20.7. The molecule has 0 bridgehead atoms. The molecule has 0 atom stereocenters. The van der Waals surface area contributed by atoms with Crippen LogP contribution in [-0.2, 0) is 36.4 Å². The summed E-state index contributed by atoms with van der Waals surface area (Å²) in [4.78, 5) is 15.6. The number of pyridine rings is 3. The molecule has 212 valence electrons. The zero-order chi connectivity index (χ0) is 29.5. The summed E-state index contributed by atoms with van der Waals surface area (Å²) in [5, 5.41) is 14.6. The first-order valence-electron chi connectivity index (χ1n) is 10.5. The van der Waals surface area contributed by atoms with E-state index in [1.807, 2.05) is 73.2 Å². The molecule has 3 aromatic heterocycles. The molecule has 0 amide bonds. The summed E-state index contributed by atoms with van der Waals surface area (Å²) in [7, 11) is -12.0. The first-order valence-corrected chi connectivity index (χ1v) is 10.5. The summed E-state index contributed by atoms with van der Waals surface area (Å²) >= 11 is 0. The van der Waals surface area contributed by atoms with Gasteiger partial charge in [0.25, 0.3) is 0 Å². The van der Waals surface area contributed by atoms with Gasteiger partial charge in [0, 0.05) is 52.1 Å². The number of nitrogens with zero attached hydrogens (tertiary/aromatic N) is 6. The van der Waals surface area contributed by atoms with Gasteiger partial charge in [-0.3, -0.25) is 19.9 Å². The molecule has 3 heterocycles. The number of rotatable bonds is 6. The Labute approximate surface area is 232 Å². The Kier molecular flexibility index (Phi) is 24.2. The van der Waals surface area contributed by atoms with E-state index in [4.69, 9.17) is 10.5 Å². The third-order valence-electron chi connectivity index (χ3n) is 3.34. The molecule has 6 nitrogen and oxygen atoms in total. The van der Waals surface area contributed by atoms with E-state index in [-0.39, 0.29) is 16.8 Å². The van der Waals surface area contributed by atoms with Crippen molar-refractivity contribution in [2.75, 3.05) is 0 Å². The summed E-state index contributed by atoms with van der Waals surface area (Å²) in [6.45, 7) is 5.18. The van der Waals surface area contributed by atoms with E-state index in [0.29, 0.717) is 0 Å². The van der Waals surface area contributed by atoms with Gasteiger partial charge in [0.05, 0.1) is 29.2 Å². The van der Waals surface area contributed by atoms with Gasteiger partial charge in [-0.1, -0.05) is 18.2 Å². The maximum atomic E-state index is 9.75. The van der Waals surface area contributed by atoms with Crippen molar-refractivity contribution < 1.29 is 51.3 Å². The van der Waals surface area contributed by atoms with Crippen LogP contribution < -0.4 is 0 Å². The Bertz CT molecular complexity index is 917. The summed E-state index contributed by atoms with van der Waals surface area (Å²) < 4.78 is 78.0. The number of hydrogen-bond donors (Lipinski definition) is 0. The molecule has 0 aliphatic heterocycles. The van der Waals surface area contributed by atoms with Gasteiger partial charge in [-0.25, -0.2) is 0 Å². The monoisotopic (exact) mass is 605 g/mol. The maximum Gasteiger partial charge on any atom is 3.00 e. The molecule has 0 N–H and O–H groups in total. The molecule has 3 aromatic rings. The van der Waals surface area contributed by atoms with Gasteiger partial charge >= 0.3 is 31.3 Å². The van der Waals surface area contributed by atoms with Crippen LogP contribution in [0.2, 0.25) is 0 Å². The molecule has 3 rings (SSSR count). The van der Waals surface area contributed by atoms with Crippen molar-refractivity contribution in [3.63, 3.8) is 0 Å². The predicted molar refractivity (Wildman–Crippen MR) is 129 cm³/mol. The quantitative estimate of drug-likeness (QED) is 0.229. The summed E-state index contributed by atoms with van der Waals surface area (Å²) in [6.07, 6.45) is 5.49. The van der Waals surface area contributed by atoms with Crippen molar-refractivity contribution in [1.29, 1.82) is 10.5 Å². The van der Waals surface area contributed by atoms with Crippen molar-refractivity contribution in [3.8, 4) is 12.1 Å². The van der Waals surface area contributed by atoms with Gasteiger partial charge in [-0.15, -0.1) is 0 Å². The van der Waals surface area contributed by atoms with E-state index >= 15 is 0 Å². The van der Waals surface area contributed by atoms with Crippen molar-refractivity contribution in [2.24, 2.45) is 0 Å². The van der Waals surface area contributed by atoms with E-state index in [1.165, 1.54) is 13.8 Å². The summed E-state index contributed by atoms with van der Waals surface area (Å²) in [5.41, 5.74) is 3.15. The molecule has 0 aliphatic rings. The van der Waals surface area contributed by atoms with Crippen LogP contribution in [0.4, 0.5) is 34.5 Å².